The number of carbonyl (C=O) groups excluding carboxylic acids is 1. The molecule has 0 aliphatic rings. The molecule has 1 atom stereocenters. The quantitative estimate of drug-likeness (QED) is 0.793. The van der Waals surface area contributed by atoms with Crippen LogP contribution in [0.4, 0.5) is 4.39 Å². The summed E-state index contributed by atoms with van der Waals surface area (Å²) in [6.07, 6.45) is 2.10. The highest BCUT2D eigenvalue weighted by Gasteiger charge is 2.06. The van der Waals surface area contributed by atoms with Gasteiger partial charge in [-0.15, -0.1) is 0 Å². The van der Waals surface area contributed by atoms with Crippen molar-refractivity contribution >= 4 is 12.0 Å². The summed E-state index contributed by atoms with van der Waals surface area (Å²) in [5.41, 5.74) is 0.755. The normalized spacial score (nSPS) is 12.7. The van der Waals surface area contributed by atoms with Crippen LogP contribution in [-0.4, -0.2) is 24.3 Å². The van der Waals surface area contributed by atoms with Gasteiger partial charge in [0.05, 0.1) is 19.6 Å². The number of benzene rings is 1. The molecule has 16 heavy (non-hydrogen) atoms. The van der Waals surface area contributed by atoms with E-state index in [2.05, 4.69) is 4.74 Å². The molecule has 3 nitrogen and oxygen atoms in total. The molecule has 0 unspecified atom stereocenters. The van der Waals surface area contributed by atoms with Gasteiger partial charge in [0.25, 0.3) is 0 Å². The molecule has 1 aromatic carbocycles. The van der Waals surface area contributed by atoms with E-state index in [-0.39, 0.29) is 12.2 Å². The second-order valence-corrected chi connectivity index (χ2v) is 3.26. The minimum atomic E-state index is -0.891. The number of hydrogen-bond acceptors (Lipinski definition) is 3. The number of rotatable bonds is 4. The monoisotopic (exact) mass is 224 g/mol. The van der Waals surface area contributed by atoms with Crippen molar-refractivity contribution in [3.63, 3.8) is 0 Å². The molecule has 0 aliphatic heterocycles. The van der Waals surface area contributed by atoms with Gasteiger partial charge in [0.2, 0.25) is 0 Å². The summed E-state index contributed by atoms with van der Waals surface area (Å²) in [6.45, 7) is 0. The zero-order chi connectivity index (χ0) is 12.0. The lowest BCUT2D eigenvalue weighted by Gasteiger charge is -2.03. The Bertz CT molecular complexity index is 370. The van der Waals surface area contributed by atoms with Gasteiger partial charge in [-0.1, -0.05) is 24.3 Å². The van der Waals surface area contributed by atoms with Gasteiger partial charge in [0.1, 0.15) is 5.82 Å². The van der Waals surface area contributed by atoms with E-state index in [4.69, 9.17) is 0 Å². The molecule has 0 saturated heterocycles. The fourth-order valence-electron chi connectivity index (χ4n) is 1.12. The maximum atomic E-state index is 12.6. The molecule has 0 heterocycles. The van der Waals surface area contributed by atoms with Crippen molar-refractivity contribution in [1.29, 1.82) is 0 Å². The van der Waals surface area contributed by atoms with Crippen molar-refractivity contribution < 1.29 is 19.0 Å². The third kappa shape index (κ3) is 4.23. The molecular formula is C12H13FO3. The molecule has 1 N–H and O–H groups in total. The number of methoxy groups -OCH3 is 1. The highest BCUT2D eigenvalue weighted by molar-refractivity contribution is 5.70. The fourth-order valence-corrected chi connectivity index (χ4v) is 1.12. The standard InChI is InChI=1S/C12H13FO3/c1-16-12(15)8-11(14)7-4-9-2-5-10(13)6-3-9/h2-7,11,14H,8H2,1H3/b7-4+/t11-/m0/s1. The molecule has 0 bridgehead atoms. The van der Waals surface area contributed by atoms with Crippen LogP contribution in [0, 0.1) is 5.82 Å². The van der Waals surface area contributed by atoms with Gasteiger partial charge >= 0.3 is 5.97 Å². The van der Waals surface area contributed by atoms with Crippen molar-refractivity contribution in [1.82, 2.24) is 0 Å². The van der Waals surface area contributed by atoms with Gasteiger partial charge in [0, 0.05) is 0 Å². The summed E-state index contributed by atoms with van der Waals surface area (Å²) < 4.78 is 17.0. The number of aliphatic hydroxyl groups is 1. The Balaban J connectivity index is 2.53. The second kappa shape index (κ2) is 6.02. The number of carbonyl (C=O) groups is 1. The van der Waals surface area contributed by atoms with Crippen molar-refractivity contribution in [2.75, 3.05) is 7.11 Å². The minimum absolute atomic E-state index is 0.0891. The topological polar surface area (TPSA) is 46.5 Å². The summed E-state index contributed by atoms with van der Waals surface area (Å²) >= 11 is 0. The number of halogens is 1. The predicted molar refractivity (Wildman–Crippen MR) is 58.1 cm³/mol. The average molecular weight is 224 g/mol. The van der Waals surface area contributed by atoms with E-state index in [9.17, 15) is 14.3 Å². The molecule has 0 spiro atoms. The lowest BCUT2D eigenvalue weighted by molar-refractivity contribution is -0.142. The fraction of sp³-hybridized carbons (Fsp3) is 0.250. The van der Waals surface area contributed by atoms with Gasteiger partial charge in [-0.3, -0.25) is 4.79 Å². The first-order valence-electron chi connectivity index (χ1n) is 4.80. The van der Waals surface area contributed by atoms with Crippen LogP contribution in [0.15, 0.2) is 30.3 Å². The second-order valence-electron chi connectivity index (χ2n) is 3.26. The van der Waals surface area contributed by atoms with Crippen LogP contribution in [0.5, 0.6) is 0 Å². The highest BCUT2D eigenvalue weighted by atomic mass is 19.1. The Kier molecular flexibility index (Phi) is 4.66. The Labute approximate surface area is 93.2 Å². The van der Waals surface area contributed by atoms with E-state index in [1.807, 2.05) is 0 Å². The molecular weight excluding hydrogens is 211 g/mol. The molecule has 0 aliphatic carbocycles. The third-order valence-corrected chi connectivity index (χ3v) is 1.98. The van der Waals surface area contributed by atoms with E-state index in [1.165, 1.54) is 25.3 Å². The van der Waals surface area contributed by atoms with Crippen LogP contribution in [0.3, 0.4) is 0 Å². The van der Waals surface area contributed by atoms with Crippen molar-refractivity contribution in [2.24, 2.45) is 0 Å². The first kappa shape index (κ1) is 12.4. The number of aliphatic hydroxyl groups excluding tert-OH is 1. The highest BCUT2D eigenvalue weighted by Crippen LogP contribution is 2.06. The minimum Gasteiger partial charge on any atom is -0.469 e. The molecule has 0 fully saturated rings. The molecule has 0 amide bonds. The van der Waals surface area contributed by atoms with Crippen LogP contribution >= 0.6 is 0 Å². The summed E-state index contributed by atoms with van der Waals surface area (Å²) in [5.74, 6) is -0.788. The Morgan fingerprint density at radius 2 is 2.12 bits per heavy atom. The first-order chi connectivity index (χ1) is 7.61. The van der Waals surface area contributed by atoms with Gasteiger partial charge < -0.3 is 9.84 Å². The zero-order valence-corrected chi connectivity index (χ0v) is 8.89. The van der Waals surface area contributed by atoms with Gasteiger partial charge in [-0.05, 0) is 17.7 Å². The average Bonchev–Trinajstić information content (AvgIpc) is 2.28. The van der Waals surface area contributed by atoms with Crippen LogP contribution in [-0.2, 0) is 9.53 Å². The Morgan fingerprint density at radius 3 is 2.69 bits per heavy atom. The molecule has 0 radical (unpaired) electrons. The van der Waals surface area contributed by atoms with E-state index >= 15 is 0 Å². The predicted octanol–water partition coefficient (Wildman–Crippen LogP) is 1.76. The van der Waals surface area contributed by atoms with Gasteiger partial charge in [0.15, 0.2) is 0 Å². The Hall–Kier alpha value is -1.68. The zero-order valence-electron chi connectivity index (χ0n) is 8.89. The largest absolute Gasteiger partial charge is 0.469 e. The molecule has 0 saturated carbocycles. The van der Waals surface area contributed by atoms with E-state index < -0.39 is 12.1 Å². The van der Waals surface area contributed by atoms with Crippen LogP contribution < -0.4 is 0 Å². The van der Waals surface area contributed by atoms with Crippen molar-refractivity contribution in [3.05, 3.63) is 41.7 Å². The Morgan fingerprint density at radius 1 is 1.50 bits per heavy atom. The maximum absolute atomic E-state index is 12.6. The van der Waals surface area contributed by atoms with E-state index in [0.29, 0.717) is 0 Å². The number of ether oxygens (including phenoxy) is 1. The summed E-state index contributed by atoms with van der Waals surface area (Å²) in [4.78, 5) is 10.8. The maximum Gasteiger partial charge on any atom is 0.308 e. The van der Waals surface area contributed by atoms with Crippen molar-refractivity contribution in [3.8, 4) is 0 Å². The van der Waals surface area contributed by atoms with Crippen LogP contribution in [0.2, 0.25) is 0 Å². The molecule has 1 rings (SSSR count). The van der Waals surface area contributed by atoms with Gasteiger partial charge in [-0.25, -0.2) is 4.39 Å². The van der Waals surface area contributed by atoms with Crippen LogP contribution in [0.1, 0.15) is 12.0 Å². The third-order valence-electron chi connectivity index (χ3n) is 1.98. The molecule has 4 heteroatoms. The molecule has 86 valence electrons. The van der Waals surface area contributed by atoms with E-state index in [1.54, 1.807) is 18.2 Å². The molecule has 1 aromatic rings. The smallest absolute Gasteiger partial charge is 0.308 e. The number of esters is 1. The molecule has 0 aromatic heterocycles. The summed E-state index contributed by atoms with van der Waals surface area (Å²) in [6, 6.07) is 5.81. The van der Waals surface area contributed by atoms with E-state index in [0.717, 1.165) is 5.56 Å². The number of hydrogen-bond donors (Lipinski definition) is 1. The summed E-state index contributed by atoms with van der Waals surface area (Å²) in [7, 11) is 1.26. The van der Waals surface area contributed by atoms with Crippen LogP contribution in [0.25, 0.3) is 6.08 Å². The SMILES string of the molecule is COC(=O)C[C@@H](O)/C=C/c1ccc(F)cc1. The lowest BCUT2D eigenvalue weighted by Crippen LogP contribution is -2.11. The van der Waals surface area contributed by atoms with Gasteiger partial charge in [-0.2, -0.15) is 0 Å². The lowest BCUT2D eigenvalue weighted by atomic mass is 10.1. The first-order valence-corrected chi connectivity index (χ1v) is 4.80. The summed E-state index contributed by atoms with van der Waals surface area (Å²) in [5, 5.41) is 9.40. The van der Waals surface area contributed by atoms with Crippen molar-refractivity contribution in [2.45, 2.75) is 12.5 Å².